The number of rotatable bonds is 7. The lowest BCUT2D eigenvalue weighted by molar-refractivity contribution is 0.626. The van der Waals surface area contributed by atoms with Crippen LogP contribution in [0.5, 0.6) is 0 Å². The van der Waals surface area contributed by atoms with E-state index in [9.17, 15) is 4.39 Å². The van der Waals surface area contributed by atoms with Crippen LogP contribution in [0.15, 0.2) is 35.8 Å². The van der Waals surface area contributed by atoms with Gasteiger partial charge in [-0.25, -0.2) is 14.1 Å². The van der Waals surface area contributed by atoms with E-state index < -0.39 is 0 Å². The van der Waals surface area contributed by atoms with Crippen molar-refractivity contribution in [1.82, 2.24) is 25.3 Å². The maximum Gasteiger partial charge on any atom is 0.123 e. The fraction of sp³-hybridized carbons (Fsp3) is 0.312. The minimum atomic E-state index is -0.258. The molecule has 0 saturated heterocycles. The van der Waals surface area contributed by atoms with Crippen LogP contribution in [0.4, 0.5) is 4.39 Å². The molecule has 3 aromatic rings. The molecule has 0 fully saturated rings. The third kappa shape index (κ3) is 4.43. The van der Waals surface area contributed by atoms with Crippen LogP contribution < -0.4 is 5.32 Å². The van der Waals surface area contributed by atoms with E-state index >= 15 is 0 Å². The maximum atomic E-state index is 12.9. The number of halogens is 1. The van der Waals surface area contributed by atoms with Gasteiger partial charge in [-0.2, -0.15) is 0 Å². The predicted octanol–water partition coefficient (Wildman–Crippen LogP) is 2.89. The molecule has 1 N–H and O–H groups in total. The van der Waals surface area contributed by atoms with Crippen LogP contribution in [0, 0.1) is 12.7 Å². The zero-order chi connectivity index (χ0) is 16.1. The summed E-state index contributed by atoms with van der Waals surface area (Å²) in [6.45, 7) is 3.59. The molecule has 2 heterocycles. The lowest BCUT2D eigenvalue weighted by Gasteiger charge is -2.01. The van der Waals surface area contributed by atoms with Crippen LogP contribution in [-0.2, 0) is 13.0 Å². The molecule has 23 heavy (non-hydrogen) atoms. The van der Waals surface area contributed by atoms with E-state index in [4.69, 9.17) is 0 Å². The quantitative estimate of drug-likeness (QED) is 0.676. The molecule has 0 amide bonds. The van der Waals surface area contributed by atoms with Gasteiger partial charge in [-0.15, -0.1) is 16.4 Å². The van der Waals surface area contributed by atoms with Gasteiger partial charge in [-0.1, -0.05) is 5.21 Å². The molecule has 5 nitrogen and oxygen atoms in total. The Morgan fingerprint density at radius 1 is 1.26 bits per heavy atom. The second-order valence-corrected chi connectivity index (χ2v) is 6.24. The van der Waals surface area contributed by atoms with Crippen LogP contribution >= 0.6 is 11.3 Å². The Bertz CT molecular complexity index is 750. The molecule has 0 radical (unpaired) electrons. The summed E-state index contributed by atoms with van der Waals surface area (Å²) in [4.78, 5) is 4.45. The van der Waals surface area contributed by atoms with Crippen molar-refractivity contribution in [2.45, 2.75) is 26.3 Å². The van der Waals surface area contributed by atoms with Gasteiger partial charge in [0.2, 0.25) is 0 Å². The smallest absolute Gasteiger partial charge is 0.123 e. The van der Waals surface area contributed by atoms with Gasteiger partial charge in [-0.05, 0) is 44.2 Å². The lowest BCUT2D eigenvalue weighted by atomic mass is 10.3. The second-order valence-electron chi connectivity index (χ2n) is 5.29. The first-order valence-corrected chi connectivity index (χ1v) is 8.37. The highest BCUT2D eigenvalue weighted by atomic mass is 32.1. The number of thiazole rings is 1. The zero-order valence-electron chi connectivity index (χ0n) is 12.9. The molecule has 0 aliphatic heterocycles. The lowest BCUT2D eigenvalue weighted by Crippen LogP contribution is -2.15. The highest BCUT2D eigenvalue weighted by molar-refractivity contribution is 7.09. The molecule has 3 rings (SSSR count). The molecule has 120 valence electrons. The summed E-state index contributed by atoms with van der Waals surface area (Å²) in [5.41, 5.74) is 2.75. The molecule has 0 saturated carbocycles. The Hall–Kier alpha value is -2.12. The third-order valence-electron chi connectivity index (χ3n) is 3.35. The molecular formula is C16H18FN5S. The molecule has 2 aromatic heterocycles. The molecule has 0 spiro atoms. The third-order valence-corrected chi connectivity index (χ3v) is 4.38. The van der Waals surface area contributed by atoms with E-state index in [1.165, 1.54) is 17.1 Å². The molecule has 0 aliphatic carbocycles. The number of hydrogen-bond acceptors (Lipinski definition) is 5. The monoisotopic (exact) mass is 331 g/mol. The Balaban J connectivity index is 1.43. The van der Waals surface area contributed by atoms with Crippen molar-refractivity contribution in [2.75, 3.05) is 6.54 Å². The van der Waals surface area contributed by atoms with E-state index in [1.807, 2.05) is 13.1 Å². The number of benzene rings is 1. The summed E-state index contributed by atoms with van der Waals surface area (Å²) in [7, 11) is 0. The molecule has 0 unspecified atom stereocenters. The van der Waals surface area contributed by atoms with E-state index in [-0.39, 0.29) is 5.82 Å². The summed E-state index contributed by atoms with van der Waals surface area (Å²) < 4.78 is 14.6. The van der Waals surface area contributed by atoms with Crippen LogP contribution in [0.3, 0.4) is 0 Å². The summed E-state index contributed by atoms with van der Waals surface area (Å²) in [5, 5.41) is 14.8. The van der Waals surface area contributed by atoms with Crippen LogP contribution in [0.1, 0.15) is 22.8 Å². The van der Waals surface area contributed by atoms with Crippen LogP contribution in [-0.4, -0.2) is 26.5 Å². The predicted molar refractivity (Wildman–Crippen MR) is 88.2 cm³/mol. The molecule has 1 aromatic carbocycles. The number of aryl methyl sites for hydroxylation is 2. The molecule has 0 aliphatic rings. The standard InChI is InChI=1S/C16H18FN5S/c1-12-11-23-16(19-12)3-2-8-18-9-14-10-22(21-20-14)15-6-4-13(17)5-7-15/h4-7,10-11,18H,2-3,8-9H2,1H3. The second kappa shape index (κ2) is 7.43. The van der Waals surface area contributed by atoms with Crippen LogP contribution in [0.25, 0.3) is 5.69 Å². The number of nitrogens with one attached hydrogen (secondary N) is 1. The van der Waals surface area contributed by atoms with Crippen molar-refractivity contribution < 1.29 is 4.39 Å². The maximum absolute atomic E-state index is 12.9. The number of hydrogen-bond donors (Lipinski definition) is 1. The van der Waals surface area contributed by atoms with Crippen molar-refractivity contribution >= 4 is 11.3 Å². The van der Waals surface area contributed by atoms with Gasteiger partial charge < -0.3 is 5.32 Å². The van der Waals surface area contributed by atoms with Crippen molar-refractivity contribution in [3.05, 3.63) is 58.1 Å². The first-order valence-electron chi connectivity index (χ1n) is 7.49. The average Bonchev–Trinajstić information content (AvgIpc) is 3.17. The molecular weight excluding hydrogens is 313 g/mol. The average molecular weight is 331 g/mol. The highest BCUT2D eigenvalue weighted by Gasteiger charge is 2.03. The SMILES string of the molecule is Cc1csc(CCCNCc2cn(-c3ccc(F)cc3)nn2)n1. The first-order chi connectivity index (χ1) is 11.2. The summed E-state index contributed by atoms with van der Waals surface area (Å²) in [5.74, 6) is -0.258. The first kappa shape index (κ1) is 15.8. The Morgan fingerprint density at radius 3 is 2.83 bits per heavy atom. The highest BCUT2D eigenvalue weighted by Crippen LogP contribution is 2.10. The van der Waals surface area contributed by atoms with Crippen molar-refractivity contribution in [3.63, 3.8) is 0 Å². The normalized spacial score (nSPS) is 11.0. The number of aromatic nitrogens is 4. The Morgan fingerprint density at radius 2 is 2.09 bits per heavy atom. The molecule has 0 bridgehead atoms. The minimum absolute atomic E-state index is 0.258. The Labute approximate surface area is 138 Å². The summed E-state index contributed by atoms with van der Waals surface area (Å²) in [6.07, 6.45) is 3.89. The fourth-order valence-electron chi connectivity index (χ4n) is 2.20. The van der Waals surface area contributed by atoms with E-state index in [1.54, 1.807) is 28.2 Å². The molecule has 7 heteroatoms. The summed E-state index contributed by atoms with van der Waals surface area (Å²) >= 11 is 1.71. The zero-order valence-corrected chi connectivity index (χ0v) is 13.7. The van der Waals surface area contributed by atoms with E-state index in [2.05, 4.69) is 26.0 Å². The van der Waals surface area contributed by atoms with Crippen molar-refractivity contribution in [3.8, 4) is 5.69 Å². The van der Waals surface area contributed by atoms with E-state index in [0.29, 0.717) is 6.54 Å². The molecule has 0 atom stereocenters. The summed E-state index contributed by atoms with van der Waals surface area (Å²) in [6, 6.07) is 6.18. The van der Waals surface area contributed by atoms with Gasteiger partial charge >= 0.3 is 0 Å². The topological polar surface area (TPSA) is 55.6 Å². The number of nitrogens with zero attached hydrogens (tertiary/aromatic N) is 4. The van der Waals surface area contributed by atoms with Gasteiger partial charge in [0.05, 0.1) is 22.6 Å². The van der Waals surface area contributed by atoms with Crippen LogP contribution in [0.2, 0.25) is 0 Å². The van der Waals surface area contributed by atoms with Gasteiger partial charge in [0, 0.05) is 24.0 Å². The van der Waals surface area contributed by atoms with Gasteiger partial charge in [0.25, 0.3) is 0 Å². The van der Waals surface area contributed by atoms with Gasteiger partial charge in [-0.3, -0.25) is 0 Å². The van der Waals surface area contributed by atoms with Gasteiger partial charge in [0.1, 0.15) is 5.82 Å². The van der Waals surface area contributed by atoms with Gasteiger partial charge in [0.15, 0.2) is 0 Å². The fourth-order valence-corrected chi connectivity index (χ4v) is 3.02. The van der Waals surface area contributed by atoms with Crippen molar-refractivity contribution in [2.24, 2.45) is 0 Å². The minimum Gasteiger partial charge on any atom is -0.311 e. The van der Waals surface area contributed by atoms with Crippen molar-refractivity contribution in [1.29, 1.82) is 0 Å². The Kier molecular flexibility index (Phi) is 5.09. The van der Waals surface area contributed by atoms with E-state index in [0.717, 1.165) is 36.5 Å². The largest absolute Gasteiger partial charge is 0.311 e.